The molecule has 0 amide bonds. The Morgan fingerprint density at radius 1 is 1.50 bits per heavy atom. The fourth-order valence-corrected chi connectivity index (χ4v) is 1.88. The minimum absolute atomic E-state index is 0.141. The average Bonchev–Trinajstić information content (AvgIpc) is 2.60. The van der Waals surface area contributed by atoms with Gasteiger partial charge in [-0.15, -0.1) is 11.3 Å². The van der Waals surface area contributed by atoms with E-state index >= 15 is 0 Å². The largest absolute Gasteiger partial charge is 0.464 e. The van der Waals surface area contributed by atoms with Crippen molar-refractivity contribution in [3.8, 4) is 0 Å². The SMILES string of the molecule is CCc1nc(C(=O)OC)c(C(C)=O)s1. The molecule has 0 bridgehead atoms. The summed E-state index contributed by atoms with van der Waals surface area (Å²) in [6.07, 6.45) is 0.710. The van der Waals surface area contributed by atoms with E-state index in [-0.39, 0.29) is 11.5 Å². The molecular weight excluding hydrogens is 202 g/mol. The Bertz CT molecular complexity index is 370. The standard InChI is InChI=1S/C9H11NO3S/c1-4-6-10-7(9(12)13-3)8(14-6)5(2)11/h4H2,1-3H3. The van der Waals surface area contributed by atoms with Gasteiger partial charge in [0.15, 0.2) is 11.5 Å². The number of nitrogens with zero attached hydrogens (tertiary/aromatic N) is 1. The second kappa shape index (κ2) is 4.32. The van der Waals surface area contributed by atoms with Crippen LogP contribution in [-0.4, -0.2) is 23.8 Å². The van der Waals surface area contributed by atoms with Crippen LogP contribution in [0.3, 0.4) is 0 Å². The lowest BCUT2D eigenvalue weighted by atomic mass is 10.3. The highest BCUT2D eigenvalue weighted by molar-refractivity contribution is 7.14. The topological polar surface area (TPSA) is 56.3 Å². The Morgan fingerprint density at radius 2 is 2.14 bits per heavy atom. The van der Waals surface area contributed by atoms with Crippen molar-refractivity contribution < 1.29 is 14.3 Å². The van der Waals surface area contributed by atoms with Crippen molar-refractivity contribution in [3.05, 3.63) is 15.6 Å². The maximum Gasteiger partial charge on any atom is 0.358 e. The monoisotopic (exact) mass is 213 g/mol. The van der Waals surface area contributed by atoms with Crippen LogP contribution < -0.4 is 0 Å². The van der Waals surface area contributed by atoms with E-state index in [4.69, 9.17) is 0 Å². The van der Waals surface area contributed by atoms with Crippen molar-refractivity contribution in [2.24, 2.45) is 0 Å². The van der Waals surface area contributed by atoms with Crippen molar-refractivity contribution in [1.82, 2.24) is 4.98 Å². The number of aryl methyl sites for hydroxylation is 1. The summed E-state index contributed by atoms with van der Waals surface area (Å²) in [5.41, 5.74) is 0.141. The van der Waals surface area contributed by atoms with Gasteiger partial charge >= 0.3 is 5.97 Å². The van der Waals surface area contributed by atoms with Crippen molar-refractivity contribution in [3.63, 3.8) is 0 Å². The molecular formula is C9H11NO3S. The highest BCUT2D eigenvalue weighted by Gasteiger charge is 2.20. The van der Waals surface area contributed by atoms with E-state index in [9.17, 15) is 9.59 Å². The number of hydrogen-bond acceptors (Lipinski definition) is 5. The molecule has 1 heterocycles. The summed E-state index contributed by atoms with van der Waals surface area (Å²) in [4.78, 5) is 26.8. The number of hydrogen-bond donors (Lipinski definition) is 0. The maximum absolute atomic E-state index is 11.2. The number of ketones is 1. The minimum Gasteiger partial charge on any atom is -0.464 e. The van der Waals surface area contributed by atoms with Crippen LogP contribution in [0.15, 0.2) is 0 Å². The van der Waals surface area contributed by atoms with Crippen LogP contribution in [-0.2, 0) is 11.2 Å². The number of thiazole rings is 1. The lowest BCUT2D eigenvalue weighted by Gasteiger charge is -1.95. The quantitative estimate of drug-likeness (QED) is 0.566. The molecule has 14 heavy (non-hydrogen) atoms. The van der Waals surface area contributed by atoms with Crippen LogP contribution in [0.25, 0.3) is 0 Å². The van der Waals surface area contributed by atoms with Gasteiger partial charge in [-0.2, -0.15) is 0 Å². The van der Waals surface area contributed by atoms with Gasteiger partial charge in [0.05, 0.1) is 12.1 Å². The van der Waals surface area contributed by atoms with Gasteiger partial charge in [0.1, 0.15) is 4.88 Å². The van der Waals surface area contributed by atoms with E-state index in [0.29, 0.717) is 11.3 Å². The van der Waals surface area contributed by atoms with E-state index in [0.717, 1.165) is 5.01 Å². The molecule has 0 fully saturated rings. The van der Waals surface area contributed by atoms with E-state index in [1.54, 1.807) is 0 Å². The highest BCUT2D eigenvalue weighted by Crippen LogP contribution is 2.20. The maximum atomic E-state index is 11.2. The van der Waals surface area contributed by atoms with Crippen molar-refractivity contribution in [2.45, 2.75) is 20.3 Å². The zero-order valence-corrected chi connectivity index (χ0v) is 9.10. The molecule has 0 aromatic carbocycles. The molecule has 0 aliphatic heterocycles. The molecule has 0 radical (unpaired) electrons. The van der Waals surface area contributed by atoms with Crippen molar-refractivity contribution in [1.29, 1.82) is 0 Å². The minimum atomic E-state index is -0.550. The Balaban J connectivity index is 3.18. The summed E-state index contributed by atoms with van der Waals surface area (Å²) in [6, 6.07) is 0. The van der Waals surface area contributed by atoms with Crippen LogP contribution >= 0.6 is 11.3 Å². The third-order valence-corrected chi connectivity index (χ3v) is 2.97. The normalized spacial score (nSPS) is 9.93. The molecule has 0 aliphatic carbocycles. The average molecular weight is 213 g/mol. The summed E-state index contributed by atoms with van der Waals surface area (Å²) >= 11 is 1.25. The number of methoxy groups -OCH3 is 1. The van der Waals surface area contributed by atoms with Crippen molar-refractivity contribution >= 4 is 23.1 Å². The molecule has 0 spiro atoms. The van der Waals surface area contributed by atoms with E-state index in [2.05, 4.69) is 9.72 Å². The first-order valence-electron chi connectivity index (χ1n) is 4.19. The van der Waals surface area contributed by atoms with E-state index in [1.165, 1.54) is 25.4 Å². The zero-order chi connectivity index (χ0) is 10.7. The number of Topliss-reactive ketones (excluding diaryl/α,β-unsaturated/α-hetero) is 1. The summed E-state index contributed by atoms with van der Waals surface area (Å²) in [6.45, 7) is 3.34. The molecule has 1 aromatic rings. The first kappa shape index (κ1) is 10.8. The molecule has 0 atom stereocenters. The van der Waals surface area contributed by atoms with Gasteiger partial charge < -0.3 is 4.74 Å². The molecule has 4 nitrogen and oxygen atoms in total. The molecule has 0 saturated heterocycles. The third-order valence-electron chi connectivity index (χ3n) is 1.67. The lowest BCUT2D eigenvalue weighted by Crippen LogP contribution is -2.07. The number of carbonyl (C=O) groups is 2. The molecule has 1 rings (SSSR count). The summed E-state index contributed by atoms with van der Waals surface area (Å²) < 4.78 is 4.54. The first-order valence-corrected chi connectivity index (χ1v) is 5.00. The van der Waals surface area contributed by atoms with Crippen molar-refractivity contribution in [2.75, 3.05) is 7.11 Å². The summed E-state index contributed by atoms with van der Waals surface area (Å²) in [5.74, 6) is -0.700. The van der Waals surface area contributed by atoms with Gasteiger partial charge in [-0.05, 0) is 6.42 Å². The fourth-order valence-electron chi connectivity index (χ4n) is 0.989. The van der Waals surface area contributed by atoms with Crippen LogP contribution in [0, 0.1) is 0 Å². The van der Waals surface area contributed by atoms with Crippen LogP contribution in [0.2, 0.25) is 0 Å². The zero-order valence-electron chi connectivity index (χ0n) is 8.29. The summed E-state index contributed by atoms with van der Waals surface area (Å²) in [7, 11) is 1.28. The molecule has 1 aromatic heterocycles. The van der Waals surface area contributed by atoms with Gasteiger partial charge in [-0.3, -0.25) is 4.79 Å². The Kier molecular flexibility index (Phi) is 3.35. The first-order chi connectivity index (χ1) is 6.60. The number of aromatic nitrogens is 1. The molecule has 5 heteroatoms. The Labute approximate surface area is 85.9 Å². The number of carbonyl (C=O) groups excluding carboxylic acids is 2. The predicted molar refractivity (Wildman–Crippen MR) is 52.8 cm³/mol. The third kappa shape index (κ3) is 1.98. The summed E-state index contributed by atoms with van der Waals surface area (Å²) in [5, 5.41) is 0.774. The fraction of sp³-hybridized carbons (Fsp3) is 0.444. The van der Waals surface area contributed by atoms with Gasteiger partial charge in [-0.1, -0.05) is 6.92 Å². The van der Waals surface area contributed by atoms with Gasteiger partial charge in [0.25, 0.3) is 0 Å². The van der Waals surface area contributed by atoms with Gasteiger partial charge in [0, 0.05) is 6.92 Å². The van der Waals surface area contributed by atoms with Crippen LogP contribution in [0.1, 0.15) is 39.0 Å². The van der Waals surface area contributed by atoms with E-state index in [1.807, 2.05) is 6.92 Å². The smallest absolute Gasteiger partial charge is 0.358 e. The molecule has 0 aliphatic rings. The number of ether oxygens (including phenoxy) is 1. The predicted octanol–water partition coefficient (Wildman–Crippen LogP) is 1.69. The van der Waals surface area contributed by atoms with Crippen LogP contribution in [0.4, 0.5) is 0 Å². The second-order valence-electron chi connectivity index (χ2n) is 2.69. The van der Waals surface area contributed by atoms with Gasteiger partial charge in [-0.25, -0.2) is 9.78 Å². The van der Waals surface area contributed by atoms with E-state index < -0.39 is 5.97 Å². The number of esters is 1. The molecule has 0 unspecified atom stereocenters. The van der Waals surface area contributed by atoms with Gasteiger partial charge in [0.2, 0.25) is 0 Å². The lowest BCUT2D eigenvalue weighted by molar-refractivity contribution is 0.0591. The number of rotatable bonds is 3. The Hall–Kier alpha value is -1.23. The molecule has 0 N–H and O–H groups in total. The molecule has 76 valence electrons. The highest BCUT2D eigenvalue weighted by atomic mass is 32.1. The Morgan fingerprint density at radius 3 is 2.57 bits per heavy atom. The second-order valence-corrected chi connectivity index (χ2v) is 3.77. The molecule has 0 saturated carbocycles. The van der Waals surface area contributed by atoms with Crippen LogP contribution in [0.5, 0.6) is 0 Å².